The Morgan fingerprint density at radius 3 is 2.89 bits per heavy atom. The molecule has 0 saturated carbocycles. The second kappa shape index (κ2) is 3.43. The zero-order valence-corrected chi connectivity index (χ0v) is 8.88. The number of aromatic nitrogens is 1. The maximum Gasteiger partial charge on any atom is 0.341 e. The quantitative estimate of drug-likeness (QED) is 0.832. The van der Waals surface area contributed by atoms with Crippen LogP contribution in [-0.2, 0) is 0 Å². The lowest BCUT2D eigenvalue weighted by Gasteiger charge is -2.15. The van der Waals surface area contributed by atoms with Gasteiger partial charge in [-0.1, -0.05) is 0 Å². The number of carboxylic acid groups (broad SMARTS) is 1. The Morgan fingerprint density at radius 1 is 1.39 bits per heavy atom. The van der Waals surface area contributed by atoms with Crippen molar-refractivity contribution < 1.29 is 19.0 Å². The molecule has 18 heavy (non-hydrogen) atoms. The number of hydrogen-bond acceptors (Lipinski definition) is 3. The summed E-state index contributed by atoms with van der Waals surface area (Å²) >= 11 is 0. The van der Waals surface area contributed by atoms with E-state index < -0.39 is 22.8 Å². The first-order chi connectivity index (χ1) is 8.58. The van der Waals surface area contributed by atoms with E-state index >= 15 is 0 Å². The summed E-state index contributed by atoms with van der Waals surface area (Å²) in [6.07, 6.45) is 3.93. The number of pyridine rings is 1. The molecule has 0 unspecified atom stereocenters. The zero-order valence-electron chi connectivity index (χ0n) is 8.88. The van der Waals surface area contributed by atoms with Gasteiger partial charge in [0.15, 0.2) is 5.75 Å². The first-order valence-electron chi connectivity index (χ1n) is 5.03. The van der Waals surface area contributed by atoms with Crippen LogP contribution in [-0.4, -0.2) is 15.6 Å². The fourth-order valence-corrected chi connectivity index (χ4v) is 1.95. The summed E-state index contributed by atoms with van der Waals surface area (Å²) in [4.78, 5) is 22.9. The molecular formula is C12H6FNO4. The van der Waals surface area contributed by atoms with E-state index in [9.17, 15) is 14.0 Å². The highest BCUT2D eigenvalue weighted by Gasteiger charge is 2.19. The van der Waals surface area contributed by atoms with Crippen LogP contribution in [0.15, 0.2) is 29.4 Å². The molecule has 2 heterocycles. The van der Waals surface area contributed by atoms with E-state index in [1.807, 2.05) is 0 Å². The molecule has 90 valence electrons. The van der Waals surface area contributed by atoms with Gasteiger partial charge < -0.3 is 14.4 Å². The summed E-state index contributed by atoms with van der Waals surface area (Å²) in [5.74, 6) is -1.82. The number of rotatable bonds is 1. The molecule has 2 aromatic rings. The van der Waals surface area contributed by atoms with Gasteiger partial charge in [-0.2, -0.15) is 0 Å². The number of carboxylic acids is 1. The lowest BCUT2D eigenvalue weighted by atomic mass is 10.1. The molecule has 1 aliphatic rings. The molecule has 0 fully saturated rings. The lowest BCUT2D eigenvalue weighted by Crippen LogP contribution is -2.19. The normalized spacial score (nSPS) is 12.5. The molecule has 5 nitrogen and oxygen atoms in total. The minimum atomic E-state index is -1.35. The largest absolute Gasteiger partial charge is 0.477 e. The summed E-state index contributed by atoms with van der Waals surface area (Å²) in [6.45, 7) is 0. The highest BCUT2D eigenvalue weighted by molar-refractivity contribution is 5.95. The van der Waals surface area contributed by atoms with Gasteiger partial charge in [0.1, 0.15) is 17.6 Å². The Labute approximate surface area is 99.3 Å². The smallest absolute Gasteiger partial charge is 0.341 e. The Bertz CT molecular complexity index is 776. The van der Waals surface area contributed by atoms with Crippen molar-refractivity contribution in [1.29, 1.82) is 0 Å². The van der Waals surface area contributed by atoms with Crippen molar-refractivity contribution >= 4 is 23.1 Å². The van der Waals surface area contributed by atoms with E-state index in [1.165, 1.54) is 23.2 Å². The standard InChI is InChI=1S/C12H6FNO4/c13-6-3-7-10-9(4-6)18-2-1-14(10)5-8(11(7)15)12(16)17/h1-5H,(H,16,17). The Kier molecular flexibility index (Phi) is 2.00. The van der Waals surface area contributed by atoms with Gasteiger partial charge in [0, 0.05) is 18.5 Å². The van der Waals surface area contributed by atoms with Gasteiger partial charge in [-0.3, -0.25) is 4.79 Å². The van der Waals surface area contributed by atoms with Crippen LogP contribution in [0.4, 0.5) is 4.39 Å². The molecule has 1 aromatic heterocycles. The first-order valence-corrected chi connectivity index (χ1v) is 5.03. The third kappa shape index (κ3) is 1.32. The van der Waals surface area contributed by atoms with E-state index in [0.717, 1.165) is 12.1 Å². The number of carbonyl (C=O) groups is 1. The number of benzene rings is 1. The molecule has 0 spiro atoms. The van der Waals surface area contributed by atoms with E-state index in [1.54, 1.807) is 0 Å². The van der Waals surface area contributed by atoms with Crippen molar-refractivity contribution in [2.45, 2.75) is 0 Å². The predicted molar refractivity (Wildman–Crippen MR) is 61.1 cm³/mol. The van der Waals surface area contributed by atoms with Gasteiger partial charge in [-0.15, -0.1) is 0 Å². The van der Waals surface area contributed by atoms with Crippen LogP contribution in [0.3, 0.4) is 0 Å². The van der Waals surface area contributed by atoms with Gasteiger partial charge in [0.2, 0.25) is 5.43 Å². The third-order valence-electron chi connectivity index (χ3n) is 2.70. The zero-order chi connectivity index (χ0) is 12.9. The van der Waals surface area contributed by atoms with Crippen molar-refractivity contribution in [3.63, 3.8) is 0 Å². The van der Waals surface area contributed by atoms with Gasteiger partial charge in [-0.05, 0) is 6.07 Å². The summed E-state index contributed by atoms with van der Waals surface area (Å²) in [7, 11) is 0. The molecule has 0 aliphatic carbocycles. The molecule has 0 amide bonds. The van der Waals surface area contributed by atoms with Gasteiger partial charge in [0.25, 0.3) is 0 Å². The van der Waals surface area contributed by atoms with Crippen LogP contribution in [0.1, 0.15) is 10.4 Å². The highest BCUT2D eigenvalue weighted by atomic mass is 19.1. The van der Waals surface area contributed by atoms with E-state index in [-0.39, 0.29) is 11.1 Å². The second-order valence-electron chi connectivity index (χ2n) is 3.79. The van der Waals surface area contributed by atoms with Gasteiger partial charge in [0.05, 0.1) is 10.9 Å². The summed E-state index contributed by atoms with van der Waals surface area (Å²) < 4.78 is 19.9. The van der Waals surface area contributed by atoms with Crippen LogP contribution >= 0.6 is 0 Å². The molecule has 0 saturated heterocycles. The maximum absolute atomic E-state index is 13.4. The molecule has 6 heteroatoms. The molecule has 0 bridgehead atoms. The minimum absolute atomic E-state index is 0.0192. The topological polar surface area (TPSA) is 68.5 Å². The Morgan fingerprint density at radius 2 is 2.17 bits per heavy atom. The lowest BCUT2D eigenvalue weighted by molar-refractivity contribution is 0.0695. The first kappa shape index (κ1) is 10.5. The Hall–Kier alpha value is -2.63. The van der Waals surface area contributed by atoms with E-state index in [4.69, 9.17) is 9.84 Å². The fourth-order valence-electron chi connectivity index (χ4n) is 1.95. The molecule has 1 aromatic carbocycles. The minimum Gasteiger partial charge on any atom is -0.477 e. The van der Waals surface area contributed by atoms with Crippen LogP contribution in [0.2, 0.25) is 0 Å². The van der Waals surface area contributed by atoms with Crippen LogP contribution < -0.4 is 10.2 Å². The van der Waals surface area contributed by atoms with Crippen molar-refractivity contribution in [2.24, 2.45) is 0 Å². The summed E-state index contributed by atoms with van der Waals surface area (Å²) in [5, 5.41) is 8.92. The number of ether oxygens (including phenoxy) is 1. The molecule has 3 rings (SSSR count). The average molecular weight is 247 g/mol. The number of nitrogens with zero attached hydrogens (tertiary/aromatic N) is 1. The van der Waals surface area contributed by atoms with Crippen LogP contribution in [0.25, 0.3) is 17.1 Å². The average Bonchev–Trinajstić information content (AvgIpc) is 2.32. The maximum atomic E-state index is 13.4. The molecule has 1 N–H and O–H groups in total. The Balaban J connectivity index is 2.56. The molecule has 1 aliphatic heterocycles. The SMILES string of the molecule is O=C(O)c1cn2c3c(cc(F)cc3c1=O)OC=C2. The number of aromatic carboxylic acids is 1. The molecule has 0 radical (unpaired) electrons. The number of halogens is 1. The summed E-state index contributed by atoms with van der Waals surface area (Å²) in [5.41, 5.74) is -0.784. The monoisotopic (exact) mass is 247 g/mol. The van der Waals surface area contributed by atoms with Crippen molar-refractivity contribution in [1.82, 2.24) is 4.57 Å². The third-order valence-corrected chi connectivity index (χ3v) is 2.70. The van der Waals surface area contributed by atoms with Gasteiger partial charge >= 0.3 is 5.97 Å². The van der Waals surface area contributed by atoms with E-state index in [2.05, 4.69) is 0 Å². The highest BCUT2D eigenvalue weighted by Crippen LogP contribution is 2.28. The molecular weight excluding hydrogens is 241 g/mol. The molecule has 0 atom stereocenters. The van der Waals surface area contributed by atoms with E-state index in [0.29, 0.717) is 5.52 Å². The number of hydrogen-bond donors (Lipinski definition) is 1. The fraction of sp³-hybridized carbons (Fsp3) is 0. The van der Waals surface area contributed by atoms with Crippen molar-refractivity contribution in [3.05, 3.63) is 46.2 Å². The second-order valence-corrected chi connectivity index (χ2v) is 3.79. The van der Waals surface area contributed by atoms with Crippen molar-refractivity contribution in [2.75, 3.05) is 0 Å². The van der Waals surface area contributed by atoms with Crippen LogP contribution in [0.5, 0.6) is 5.75 Å². The predicted octanol–water partition coefficient (Wildman–Crippen LogP) is 1.66. The van der Waals surface area contributed by atoms with Crippen LogP contribution in [0, 0.1) is 5.82 Å². The summed E-state index contributed by atoms with van der Waals surface area (Å²) in [6, 6.07) is 2.15. The van der Waals surface area contributed by atoms with Gasteiger partial charge in [-0.25, -0.2) is 9.18 Å². The van der Waals surface area contributed by atoms with Crippen molar-refractivity contribution in [3.8, 4) is 5.75 Å².